The summed E-state index contributed by atoms with van der Waals surface area (Å²) >= 11 is 5.94. The number of aromatic nitrogens is 4. The minimum atomic E-state index is -4.50. The molecule has 0 saturated heterocycles. The number of alkyl halides is 3. The molecular formula is C20H13ClF3N5O. The molecule has 0 aliphatic carbocycles. The van der Waals surface area contributed by atoms with Crippen LogP contribution in [0.5, 0.6) is 0 Å². The average Bonchev–Trinajstić information content (AvgIpc) is 3.19. The largest absolute Gasteiger partial charge is 0.416 e. The zero-order chi connectivity index (χ0) is 21.3. The monoisotopic (exact) mass is 431 g/mol. The van der Waals surface area contributed by atoms with E-state index in [9.17, 15) is 18.0 Å². The van der Waals surface area contributed by atoms with Gasteiger partial charge in [0.05, 0.1) is 5.56 Å². The Labute approximate surface area is 173 Å². The number of carbonyl (C=O) groups excluding carboxylic acids is 1. The molecule has 30 heavy (non-hydrogen) atoms. The van der Waals surface area contributed by atoms with Crippen molar-refractivity contribution in [1.82, 2.24) is 25.1 Å². The first-order valence-corrected chi connectivity index (χ1v) is 9.10. The number of hydrogen-bond donors (Lipinski definition) is 1. The first-order valence-electron chi connectivity index (χ1n) is 8.72. The molecule has 152 valence electrons. The van der Waals surface area contributed by atoms with E-state index in [2.05, 4.69) is 20.6 Å². The van der Waals surface area contributed by atoms with Gasteiger partial charge in [0.15, 0.2) is 5.65 Å². The summed E-state index contributed by atoms with van der Waals surface area (Å²) in [6.45, 7) is 0.209. The van der Waals surface area contributed by atoms with Crippen LogP contribution in [0.1, 0.15) is 21.6 Å². The van der Waals surface area contributed by atoms with Gasteiger partial charge in [-0.25, -0.2) is 0 Å². The number of carbonyl (C=O) groups is 1. The summed E-state index contributed by atoms with van der Waals surface area (Å²) in [7, 11) is 0. The summed E-state index contributed by atoms with van der Waals surface area (Å²) in [6.07, 6.45) is -3.22. The van der Waals surface area contributed by atoms with Crippen LogP contribution in [0, 0.1) is 0 Å². The lowest BCUT2D eigenvalue weighted by atomic mass is 10.0. The molecule has 2 aromatic heterocycles. The van der Waals surface area contributed by atoms with Gasteiger partial charge in [0, 0.05) is 17.1 Å². The third-order valence-electron chi connectivity index (χ3n) is 4.34. The second-order valence-corrected chi connectivity index (χ2v) is 6.87. The number of rotatable bonds is 4. The fourth-order valence-corrected chi connectivity index (χ4v) is 3.15. The van der Waals surface area contributed by atoms with Gasteiger partial charge in [-0.1, -0.05) is 35.9 Å². The Hall–Kier alpha value is -3.46. The molecule has 1 amide bonds. The van der Waals surface area contributed by atoms with Gasteiger partial charge in [-0.05, 0) is 41.5 Å². The van der Waals surface area contributed by atoms with Crippen molar-refractivity contribution in [2.75, 3.05) is 0 Å². The van der Waals surface area contributed by atoms with E-state index in [1.165, 1.54) is 29.0 Å². The number of nitrogens with zero attached hydrogens (tertiary/aromatic N) is 4. The van der Waals surface area contributed by atoms with Crippen molar-refractivity contribution < 1.29 is 18.0 Å². The van der Waals surface area contributed by atoms with Crippen molar-refractivity contribution in [1.29, 1.82) is 0 Å². The highest BCUT2D eigenvalue weighted by atomic mass is 35.5. The van der Waals surface area contributed by atoms with Crippen LogP contribution in [0.4, 0.5) is 13.2 Å². The SMILES string of the molecule is O=C(NCc1cccc(Cl)c1)c1cc(-c2cccc(C(F)(F)F)c2)c2nncn2n1. The van der Waals surface area contributed by atoms with E-state index in [0.717, 1.165) is 17.7 Å². The first-order chi connectivity index (χ1) is 14.3. The summed E-state index contributed by atoms with van der Waals surface area (Å²) in [6, 6.07) is 13.2. The second kappa shape index (κ2) is 7.75. The second-order valence-electron chi connectivity index (χ2n) is 6.43. The molecule has 0 spiro atoms. The molecule has 0 saturated carbocycles. The topological polar surface area (TPSA) is 72.2 Å². The van der Waals surface area contributed by atoms with E-state index in [1.807, 2.05) is 0 Å². The number of halogens is 4. The summed E-state index contributed by atoms with van der Waals surface area (Å²) in [5, 5.41) is 15.1. The lowest BCUT2D eigenvalue weighted by Gasteiger charge is -2.11. The number of benzene rings is 2. The maximum Gasteiger partial charge on any atom is 0.416 e. The molecule has 0 fully saturated rings. The molecule has 2 aromatic carbocycles. The Bertz CT molecular complexity index is 1240. The van der Waals surface area contributed by atoms with Crippen LogP contribution in [0.25, 0.3) is 16.8 Å². The first kappa shape index (κ1) is 19.8. The van der Waals surface area contributed by atoms with Crippen LogP contribution in [0.2, 0.25) is 5.02 Å². The van der Waals surface area contributed by atoms with Gasteiger partial charge in [-0.3, -0.25) is 4.79 Å². The molecule has 0 atom stereocenters. The fourth-order valence-electron chi connectivity index (χ4n) is 2.93. The fraction of sp³-hybridized carbons (Fsp3) is 0.100. The van der Waals surface area contributed by atoms with Crippen molar-refractivity contribution >= 4 is 23.2 Å². The van der Waals surface area contributed by atoms with Crippen LogP contribution in [-0.2, 0) is 12.7 Å². The van der Waals surface area contributed by atoms with E-state index < -0.39 is 17.6 Å². The Morgan fingerprint density at radius 2 is 1.90 bits per heavy atom. The lowest BCUT2D eigenvalue weighted by Crippen LogP contribution is -2.24. The van der Waals surface area contributed by atoms with Crippen molar-refractivity contribution in [2.24, 2.45) is 0 Å². The maximum absolute atomic E-state index is 13.1. The summed E-state index contributed by atoms with van der Waals surface area (Å²) < 4.78 is 40.6. The molecule has 0 aliphatic rings. The zero-order valence-electron chi connectivity index (χ0n) is 15.2. The highest BCUT2D eigenvalue weighted by molar-refractivity contribution is 6.30. The van der Waals surface area contributed by atoms with E-state index in [-0.39, 0.29) is 23.4 Å². The molecule has 2 heterocycles. The van der Waals surface area contributed by atoms with Gasteiger partial charge in [0.25, 0.3) is 5.91 Å². The van der Waals surface area contributed by atoms with Gasteiger partial charge in [0.1, 0.15) is 12.0 Å². The molecule has 1 N–H and O–H groups in total. The smallest absolute Gasteiger partial charge is 0.347 e. The Morgan fingerprint density at radius 1 is 1.10 bits per heavy atom. The van der Waals surface area contributed by atoms with E-state index in [1.54, 1.807) is 24.3 Å². The van der Waals surface area contributed by atoms with Gasteiger partial charge >= 0.3 is 6.18 Å². The molecule has 4 rings (SSSR count). The third-order valence-corrected chi connectivity index (χ3v) is 4.58. The number of nitrogens with one attached hydrogen (secondary N) is 1. The lowest BCUT2D eigenvalue weighted by molar-refractivity contribution is -0.137. The molecule has 10 heteroatoms. The standard InChI is InChI=1S/C20H13ClF3N5O/c21-15-6-1-3-12(7-15)10-25-19(30)17-9-16(18-27-26-11-29(18)28-17)13-4-2-5-14(8-13)20(22,23)24/h1-9,11H,10H2,(H,25,30). The maximum atomic E-state index is 13.1. The van der Waals surface area contributed by atoms with Gasteiger partial charge in [0.2, 0.25) is 0 Å². The predicted octanol–water partition coefficient (Wildman–Crippen LogP) is 4.39. The molecule has 0 radical (unpaired) electrons. The predicted molar refractivity (Wildman–Crippen MR) is 104 cm³/mol. The quantitative estimate of drug-likeness (QED) is 0.520. The Kier molecular flexibility index (Phi) is 5.13. The highest BCUT2D eigenvalue weighted by Gasteiger charge is 2.30. The number of amides is 1. The van der Waals surface area contributed by atoms with Gasteiger partial charge in [-0.15, -0.1) is 10.2 Å². The summed E-state index contributed by atoms with van der Waals surface area (Å²) in [5.41, 5.74) is 0.786. The van der Waals surface area contributed by atoms with Gasteiger partial charge in [-0.2, -0.15) is 22.8 Å². The molecule has 0 bridgehead atoms. The van der Waals surface area contributed by atoms with E-state index in [0.29, 0.717) is 10.6 Å². The Morgan fingerprint density at radius 3 is 2.67 bits per heavy atom. The van der Waals surface area contributed by atoms with E-state index in [4.69, 9.17) is 11.6 Å². The number of fused-ring (bicyclic) bond motifs is 1. The van der Waals surface area contributed by atoms with Crippen LogP contribution in [-0.4, -0.2) is 25.7 Å². The molecular weight excluding hydrogens is 419 g/mol. The zero-order valence-corrected chi connectivity index (χ0v) is 15.9. The number of hydrogen-bond acceptors (Lipinski definition) is 4. The average molecular weight is 432 g/mol. The van der Waals surface area contributed by atoms with Crippen molar-refractivity contribution in [3.8, 4) is 11.1 Å². The molecule has 4 aromatic rings. The molecule has 0 unspecified atom stereocenters. The minimum absolute atomic E-state index is 0.0109. The highest BCUT2D eigenvalue weighted by Crippen LogP contribution is 2.33. The summed E-state index contributed by atoms with van der Waals surface area (Å²) in [4.78, 5) is 12.6. The van der Waals surface area contributed by atoms with Gasteiger partial charge < -0.3 is 5.32 Å². The third kappa shape index (κ3) is 4.11. The van der Waals surface area contributed by atoms with Crippen molar-refractivity contribution in [3.63, 3.8) is 0 Å². The Balaban J connectivity index is 1.69. The van der Waals surface area contributed by atoms with E-state index >= 15 is 0 Å². The normalized spacial score (nSPS) is 11.6. The molecule has 6 nitrogen and oxygen atoms in total. The summed E-state index contributed by atoms with van der Waals surface area (Å²) in [5.74, 6) is -0.501. The molecule has 0 aliphatic heterocycles. The minimum Gasteiger partial charge on any atom is -0.347 e. The van der Waals surface area contributed by atoms with Crippen LogP contribution in [0.3, 0.4) is 0 Å². The van der Waals surface area contributed by atoms with Crippen LogP contribution in [0.15, 0.2) is 60.9 Å². The van der Waals surface area contributed by atoms with Crippen LogP contribution < -0.4 is 5.32 Å². The van der Waals surface area contributed by atoms with Crippen molar-refractivity contribution in [3.05, 3.63) is 82.8 Å². The van der Waals surface area contributed by atoms with Crippen molar-refractivity contribution in [2.45, 2.75) is 12.7 Å². The van der Waals surface area contributed by atoms with Crippen LogP contribution >= 0.6 is 11.6 Å².